The molecule has 0 saturated carbocycles. The number of nitrogens with one attached hydrogen (secondary N) is 1. The number of carbonyl (C=O) groups excluding carboxylic acids is 1. The van der Waals surface area contributed by atoms with Crippen LogP contribution in [0.2, 0.25) is 0 Å². The van der Waals surface area contributed by atoms with E-state index in [-0.39, 0.29) is 11.8 Å². The SMILES string of the molecule is CCC(C)C(=O)Nc1c(C)ccc(N)c1C. The van der Waals surface area contributed by atoms with Crippen molar-refractivity contribution in [3.05, 3.63) is 23.3 Å². The van der Waals surface area contributed by atoms with Gasteiger partial charge in [-0.3, -0.25) is 4.79 Å². The van der Waals surface area contributed by atoms with Crippen molar-refractivity contribution >= 4 is 17.3 Å². The van der Waals surface area contributed by atoms with Crippen LogP contribution in [0.1, 0.15) is 31.4 Å². The van der Waals surface area contributed by atoms with Crippen molar-refractivity contribution in [3.63, 3.8) is 0 Å². The third kappa shape index (κ3) is 2.54. The molecule has 0 radical (unpaired) electrons. The lowest BCUT2D eigenvalue weighted by molar-refractivity contribution is -0.119. The van der Waals surface area contributed by atoms with Crippen LogP contribution in [0, 0.1) is 19.8 Å². The average molecular weight is 220 g/mol. The van der Waals surface area contributed by atoms with Crippen LogP contribution in [0.5, 0.6) is 0 Å². The maximum Gasteiger partial charge on any atom is 0.227 e. The van der Waals surface area contributed by atoms with E-state index in [1.807, 2.05) is 39.8 Å². The van der Waals surface area contributed by atoms with Crippen LogP contribution in [0.4, 0.5) is 11.4 Å². The number of carbonyl (C=O) groups is 1. The van der Waals surface area contributed by atoms with Crippen LogP contribution in [-0.4, -0.2) is 5.91 Å². The predicted octanol–water partition coefficient (Wildman–Crippen LogP) is 2.87. The van der Waals surface area contributed by atoms with E-state index in [0.29, 0.717) is 5.69 Å². The number of hydrogen-bond acceptors (Lipinski definition) is 2. The molecule has 88 valence electrons. The number of benzene rings is 1. The van der Waals surface area contributed by atoms with Crippen molar-refractivity contribution in [3.8, 4) is 0 Å². The Bertz CT molecular complexity index is 399. The minimum absolute atomic E-state index is 0.0280. The summed E-state index contributed by atoms with van der Waals surface area (Å²) in [5.41, 5.74) is 9.37. The molecule has 0 fully saturated rings. The van der Waals surface area contributed by atoms with Crippen LogP contribution in [-0.2, 0) is 4.79 Å². The monoisotopic (exact) mass is 220 g/mol. The number of nitrogen functional groups attached to an aromatic ring is 1. The molecular formula is C13H20N2O. The van der Waals surface area contributed by atoms with Crippen molar-refractivity contribution in [1.82, 2.24) is 0 Å². The van der Waals surface area contributed by atoms with Crippen LogP contribution < -0.4 is 11.1 Å². The quantitative estimate of drug-likeness (QED) is 0.769. The fourth-order valence-electron chi connectivity index (χ4n) is 1.49. The van der Waals surface area contributed by atoms with E-state index in [0.717, 1.165) is 23.2 Å². The highest BCUT2D eigenvalue weighted by atomic mass is 16.1. The molecule has 0 spiro atoms. The Kier molecular flexibility index (Phi) is 3.93. The van der Waals surface area contributed by atoms with E-state index in [1.54, 1.807) is 0 Å². The first-order chi connectivity index (χ1) is 7.47. The number of aryl methyl sites for hydroxylation is 1. The zero-order valence-corrected chi connectivity index (χ0v) is 10.4. The lowest BCUT2D eigenvalue weighted by atomic mass is 10.0. The van der Waals surface area contributed by atoms with Crippen molar-refractivity contribution < 1.29 is 4.79 Å². The molecule has 3 heteroatoms. The molecule has 0 saturated heterocycles. The first kappa shape index (κ1) is 12.6. The molecule has 3 nitrogen and oxygen atoms in total. The van der Waals surface area contributed by atoms with Gasteiger partial charge in [0.1, 0.15) is 0 Å². The van der Waals surface area contributed by atoms with Gasteiger partial charge in [0.25, 0.3) is 0 Å². The number of nitrogens with two attached hydrogens (primary N) is 1. The number of hydrogen-bond donors (Lipinski definition) is 2. The van der Waals surface area contributed by atoms with Crippen LogP contribution in [0.3, 0.4) is 0 Å². The van der Waals surface area contributed by atoms with E-state index < -0.39 is 0 Å². The molecule has 1 aromatic carbocycles. The van der Waals surface area contributed by atoms with Crippen LogP contribution >= 0.6 is 0 Å². The molecule has 0 aliphatic carbocycles. The van der Waals surface area contributed by atoms with Gasteiger partial charge in [-0.1, -0.05) is 19.9 Å². The average Bonchev–Trinajstić information content (AvgIpc) is 2.28. The molecule has 3 N–H and O–H groups in total. The highest BCUT2D eigenvalue weighted by Crippen LogP contribution is 2.25. The Hall–Kier alpha value is -1.51. The van der Waals surface area contributed by atoms with Gasteiger partial charge in [0.2, 0.25) is 5.91 Å². The van der Waals surface area contributed by atoms with Crippen molar-refractivity contribution in [2.75, 3.05) is 11.1 Å². The predicted molar refractivity (Wildman–Crippen MR) is 68.4 cm³/mol. The normalized spacial score (nSPS) is 12.2. The molecule has 0 aliphatic rings. The summed E-state index contributed by atoms with van der Waals surface area (Å²) in [6, 6.07) is 3.79. The van der Waals surface area contributed by atoms with E-state index in [9.17, 15) is 4.79 Å². The zero-order valence-electron chi connectivity index (χ0n) is 10.4. The third-order valence-electron chi connectivity index (χ3n) is 3.02. The third-order valence-corrected chi connectivity index (χ3v) is 3.02. The van der Waals surface area contributed by atoms with E-state index in [4.69, 9.17) is 5.73 Å². The largest absolute Gasteiger partial charge is 0.398 e. The second-order valence-corrected chi connectivity index (χ2v) is 4.27. The Morgan fingerprint density at radius 2 is 2.06 bits per heavy atom. The zero-order chi connectivity index (χ0) is 12.3. The minimum atomic E-state index is 0.0280. The molecule has 1 rings (SSSR count). The van der Waals surface area contributed by atoms with E-state index >= 15 is 0 Å². The summed E-state index contributed by atoms with van der Waals surface area (Å²) in [5, 5.41) is 2.95. The van der Waals surface area contributed by atoms with Crippen molar-refractivity contribution in [2.24, 2.45) is 5.92 Å². The Balaban J connectivity index is 2.97. The summed E-state index contributed by atoms with van der Waals surface area (Å²) in [4.78, 5) is 11.8. The Labute approximate surface area is 97.0 Å². The summed E-state index contributed by atoms with van der Waals surface area (Å²) in [5.74, 6) is 0.0829. The molecule has 1 unspecified atom stereocenters. The summed E-state index contributed by atoms with van der Waals surface area (Å²) >= 11 is 0. The van der Waals surface area contributed by atoms with E-state index in [2.05, 4.69) is 5.32 Å². The Morgan fingerprint density at radius 1 is 1.44 bits per heavy atom. The molecular weight excluding hydrogens is 200 g/mol. The first-order valence-electron chi connectivity index (χ1n) is 5.63. The van der Waals surface area contributed by atoms with Gasteiger partial charge >= 0.3 is 0 Å². The van der Waals surface area contributed by atoms with E-state index in [1.165, 1.54) is 0 Å². The molecule has 0 bridgehead atoms. The highest BCUT2D eigenvalue weighted by molar-refractivity contribution is 5.94. The smallest absolute Gasteiger partial charge is 0.227 e. The van der Waals surface area contributed by atoms with Crippen LogP contribution in [0.15, 0.2) is 12.1 Å². The minimum Gasteiger partial charge on any atom is -0.398 e. The fraction of sp³-hybridized carbons (Fsp3) is 0.462. The summed E-state index contributed by atoms with van der Waals surface area (Å²) in [6.07, 6.45) is 0.840. The summed E-state index contributed by atoms with van der Waals surface area (Å²) in [7, 11) is 0. The van der Waals surface area contributed by atoms with Gasteiger partial charge in [-0.25, -0.2) is 0 Å². The summed E-state index contributed by atoms with van der Waals surface area (Å²) < 4.78 is 0. The molecule has 1 atom stereocenters. The number of anilines is 2. The lowest BCUT2D eigenvalue weighted by Gasteiger charge is -2.15. The summed E-state index contributed by atoms with van der Waals surface area (Å²) in [6.45, 7) is 7.82. The van der Waals surface area contributed by atoms with Gasteiger partial charge in [0, 0.05) is 17.3 Å². The van der Waals surface area contributed by atoms with Gasteiger partial charge in [0.05, 0.1) is 0 Å². The van der Waals surface area contributed by atoms with Gasteiger partial charge in [-0.2, -0.15) is 0 Å². The van der Waals surface area contributed by atoms with Gasteiger partial charge in [-0.05, 0) is 37.5 Å². The fourth-order valence-corrected chi connectivity index (χ4v) is 1.49. The van der Waals surface area contributed by atoms with Crippen molar-refractivity contribution in [2.45, 2.75) is 34.1 Å². The van der Waals surface area contributed by atoms with Crippen molar-refractivity contribution in [1.29, 1.82) is 0 Å². The van der Waals surface area contributed by atoms with Gasteiger partial charge < -0.3 is 11.1 Å². The maximum atomic E-state index is 11.8. The molecule has 0 heterocycles. The molecule has 1 amide bonds. The second-order valence-electron chi connectivity index (χ2n) is 4.27. The number of amides is 1. The maximum absolute atomic E-state index is 11.8. The molecule has 1 aromatic rings. The lowest BCUT2D eigenvalue weighted by Crippen LogP contribution is -2.21. The van der Waals surface area contributed by atoms with Gasteiger partial charge in [-0.15, -0.1) is 0 Å². The van der Waals surface area contributed by atoms with Gasteiger partial charge in [0.15, 0.2) is 0 Å². The molecule has 16 heavy (non-hydrogen) atoms. The molecule has 0 aliphatic heterocycles. The first-order valence-corrected chi connectivity index (χ1v) is 5.63. The van der Waals surface area contributed by atoms with Crippen LogP contribution in [0.25, 0.3) is 0 Å². The number of rotatable bonds is 3. The Morgan fingerprint density at radius 3 is 2.62 bits per heavy atom. The second kappa shape index (κ2) is 5.01. The topological polar surface area (TPSA) is 55.1 Å². The highest BCUT2D eigenvalue weighted by Gasteiger charge is 2.13. The standard InChI is InChI=1S/C13H20N2O/c1-5-8(2)13(16)15-12-9(3)6-7-11(14)10(12)4/h6-8H,5,14H2,1-4H3,(H,15,16). The molecule has 0 aromatic heterocycles.